The van der Waals surface area contributed by atoms with Gasteiger partial charge in [0.05, 0.1) is 5.52 Å². The van der Waals surface area contributed by atoms with Gasteiger partial charge in [0.25, 0.3) is 0 Å². The van der Waals surface area contributed by atoms with Crippen molar-refractivity contribution in [1.29, 1.82) is 0 Å². The van der Waals surface area contributed by atoms with Gasteiger partial charge in [-0.2, -0.15) is 0 Å². The van der Waals surface area contributed by atoms with E-state index in [1.807, 2.05) is 24.4 Å². The maximum Gasteiger partial charge on any atom is 0.233 e. The Kier molecular flexibility index (Phi) is 3.05. The van der Waals surface area contributed by atoms with E-state index in [0.29, 0.717) is 5.39 Å². The minimum atomic E-state index is -0.175. The molecule has 0 unspecified atom stereocenters. The minimum absolute atomic E-state index is 0.0828. The maximum atomic E-state index is 9.22. The van der Waals surface area contributed by atoms with Crippen molar-refractivity contribution in [3.05, 3.63) is 60.8 Å². The van der Waals surface area contributed by atoms with E-state index in [2.05, 4.69) is 28.2 Å². The van der Waals surface area contributed by atoms with E-state index in [9.17, 15) is 5.11 Å². The summed E-state index contributed by atoms with van der Waals surface area (Å²) < 4.78 is 0. The van der Waals surface area contributed by atoms with Crippen LogP contribution in [0, 0.1) is 0 Å². The number of aromatic nitrogens is 2. The molecule has 0 aliphatic heterocycles. The molecule has 0 aliphatic rings. The number of fused-ring (bicyclic) bond motifs is 2. The summed E-state index contributed by atoms with van der Waals surface area (Å²) in [6, 6.07) is 17.4. The second-order valence-electron chi connectivity index (χ2n) is 4.43. The molecule has 0 spiro atoms. The Balaban J connectivity index is 0.000000123. The van der Waals surface area contributed by atoms with Gasteiger partial charge in [-0.25, -0.2) is 0 Å². The van der Waals surface area contributed by atoms with Crippen molar-refractivity contribution in [3.63, 3.8) is 0 Å². The molecule has 100 valence electrons. The number of aromatic hydroxyl groups is 2. The second kappa shape index (κ2) is 5.01. The van der Waals surface area contributed by atoms with Crippen LogP contribution in [0.5, 0.6) is 11.6 Å². The molecule has 0 aliphatic carbocycles. The Labute approximate surface area is 115 Å². The SMILES string of the molecule is Oc1[nH]c2ccccc2c1O.c1ccc2[nH]ccc2c1. The van der Waals surface area contributed by atoms with Gasteiger partial charge in [0.1, 0.15) is 0 Å². The Bertz CT molecular complexity index is 816. The van der Waals surface area contributed by atoms with Crippen molar-refractivity contribution >= 4 is 21.8 Å². The van der Waals surface area contributed by atoms with Crippen LogP contribution in [0.4, 0.5) is 0 Å². The van der Waals surface area contributed by atoms with Crippen LogP contribution in [0.15, 0.2) is 60.8 Å². The number of para-hydroxylation sites is 2. The quantitative estimate of drug-likeness (QED) is 0.391. The fourth-order valence-corrected chi connectivity index (χ4v) is 2.11. The molecule has 0 bridgehead atoms. The van der Waals surface area contributed by atoms with Crippen molar-refractivity contribution in [1.82, 2.24) is 9.97 Å². The number of hydrogen-bond acceptors (Lipinski definition) is 2. The molecule has 4 N–H and O–H groups in total. The van der Waals surface area contributed by atoms with E-state index in [0.717, 1.165) is 5.52 Å². The Morgan fingerprint density at radius 3 is 2.20 bits per heavy atom. The van der Waals surface area contributed by atoms with E-state index in [1.165, 1.54) is 10.9 Å². The van der Waals surface area contributed by atoms with Crippen LogP contribution < -0.4 is 0 Å². The van der Waals surface area contributed by atoms with Gasteiger partial charge < -0.3 is 20.2 Å². The number of rotatable bonds is 0. The number of benzene rings is 2. The van der Waals surface area contributed by atoms with Gasteiger partial charge in [0.15, 0.2) is 5.75 Å². The average Bonchev–Trinajstić information content (AvgIpc) is 3.06. The van der Waals surface area contributed by atoms with Gasteiger partial charge in [-0.05, 0) is 29.7 Å². The molecule has 4 nitrogen and oxygen atoms in total. The summed E-state index contributed by atoms with van der Waals surface area (Å²) >= 11 is 0. The lowest BCUT2D eigenvalue weighted by molar-refractivity contribution is 0.398. The van der Waals surface area contributed by atoms with Crippen LogP contribution >= 0.6 is 0 Å². The third-order valence-corrected chi connectivity index (χ3v) is 3.12. The van der Waals surface area contributed by atoms with Crippen LogP contribution in [-0.4, -0.2) is 20.2 Å². The van der Waals surface area contributed by atoms with Crippen molar-refractivity contribution < 1.29 is 10.2 Å². The molecule has 2 heterocycles. The van der Waals surface area contributed by atoms with Crippen molar-refractivity contribution in [2.45, 2.75) is 0 Å². The summed E-state index contributed by atoms with van der Waals surface area (Å²) in [5.41, 5.74) is 1.94. The van der Waals surface area contributed by atoms with E-state index in [1.54, 1.807) is 18.2 Å². The summed E-state index contributed by atoms with van der Waals surface area (Å²) in [7, 11) is 0. The van der Waals surface area contributed by atoms with Crippen LogP contribution in [0.2, 0.25) is 0 Å². The first kappa shape index (κ1) is 12.2. The van der Waals surface area contributed by atoms with Crippen LogP contribution in [-0.2, 0) is 0 Å². The summed E-state index contributed by atoms with van der Waals surface area (Å²) in [5, 5.41) is 20.2. The molecule has 20 heavy (non-hydrogen) atoms. The molecule has 0 atom stereocenters. The van der Waals surface area contributed by atoms with E-state index in [4.69, 9.17) is 5.11 Å². The van der Waals surface area contributed by atoms with Crippen molar-refractivity contribution in [2.75, 3.05) is 0 Å². The lowest BCUT2D eigenvalue weighted by Crippen LogP contribution is -1.63. The van der Waals surface area contributed by atoms with Crippen LogP contribution in [0.25, 0.3) is 21.8 Å². The highest BCUT2D eigenvalue weighted by atomic mass is 16.3. The molecule has 0 saturated heterocycles. The summed E-state index contributed by atoms with van der Waals surface area (Å²) in [6.45, 7) is 0. The highest BCUT2D eigenvalue weighted by Gasteiger charge is 2.06. The molecule has 4 aromatic rings. The lowest BCUT2D eigenvalue weighted by atomic mass is 10.2. The molecule has 0 fully saturated rings. The summed E-state index contributed by atoms with van der Waals surface area (Å²) in [4.78, 5) is 5.75. The number of H-pyrrole nitrogens is 2. The van der Waals surface area contributed by atoms with Crippen LogP contribution in [0.1, 0.15) is 0 Å². The zero-order valence-electron chi connectivity index (χ0n) is 10.7. The highest BCUT2D eigenvalue weighted by Crippen LogP contribution is 2.32. The number of hydrogen-bond donors (Lipinski definition) is 4. The van der Waals surface area contributed by atoms with Crippen molar-refractivity contribution in [3.8, 4) is 11.6 Å². The minimum Gasteiger partial charge on any atom is -0.503 e. The number of aromatic amines is 2. The van der Waals surface area contributed by atoms with E-state index in [-0.39, 0.29) is 11.6 Å². The topological polar surface area (TPSA) is 72.0 Å². The molecular weight excluding hydrogens is 252 g/mol. The molecule has 0 radical (unpaired) electrons. The molecule has 0 saturated carbocycles. The molecule has 4 heteroatoms. The first-order valence-corrected chi connectivity index (χ1v) is 6.26. The normalized spacial score (nSPS) is 10.4. The third-order valence-electron chi connectivity index (χ3n) is 3.12. The van der Waals surface area contributed by atoms with E-state index >= 15 is 0 Å². The summed E-state index contributed by atoms with van der Waals surface area (Å²) in [6.07, 6.45) is 1.95. The third kappa shape index (κ3) is 2.19. The number of nitrogens with one attached hydrogen (secondary N) is 2. The molecule has 4 rings (SSSR count). The highest BCUT2D eigenvalue weighted by molar-refractivity contribution is 5.88. The standard InChI is InChI=1S/C8H7NO2.C8H7N/c10-7-5-3-1-2-4-6(5)9-8(7)11;1-2-4-8-7(3-1)5-6-9-8/h1-4,9-11H;1-6,9H. The Morgan fingerprint density at radius 2 is 1.45 bits per heavy atom. The zero-order valence-corrected chi connectivity index (χ0v) is 10.7. The Morgan fingerprint density at radius 1 is 0.750 bits per heavy atom. The van der Waals surface area contributed by atoms with Gasteiger partial charge in [0.2, 0.25) is 5.88 Å². The fraction of sp³-hybridized carbons (Fsp3) is 0. The van der Waals surface area contributed by atoms with Crippen molar-refractivity contribution in [2.24, 2.45) is 0 Å². The molecular formula is C16H14N2O2. The van der Waals surface area contributed by atoms with Crippen LogP contribution in [0.3, 0.4) is 0 Å². The zero-order chi connectivity index (χ0) is 13.9. The molecule has 2 aromatic heterocycles. The smallest absolute Gasteiger partial charge is 0.233 e. The predicted octanol–water partition coefficient (Wildman–Crippen LogP) is 3.75. The van der Waals surface area contributed by atoms with Gasteiger partial charge in [-0.1, -0.05) is 30.3 Å². The molecule has 0 amide bonds. The van der Waals surface area contributed by atoms with Gasteiger partial charge in [-0.15, -0.1) is 0 Å². The first-order valence-electron chi connectivity index (χ1n) is 6.26. The van der Waals surface area contributed by atoms with Gasteiger partial charge in [0, 0.05) is 17.1 Å². The fourth-order valence-electron chi connectivity index (χ4n) is 2.11. The largest absolute Gasteiger partial charge is 0.503 e. The first-order chi connectivity index (χ1) is 9.75. The second-order valence-corrected chi connectivity index (χ2v) is 4.43. The average molecular weight is 266 g/mol. The van der Waals surface area contributed by atoms with E-state index < -0.39 is 0 Å². The lowest BCUT2D eigenvalue weighted by Gasteiger charge is -1.86. The predicted molar refractivity (Wildman–Crippen MR) is 79.9 cm³/mol. The molecule has 2 aromatic carbocycles. The monoisotopic (exact) mass is 266 g/mol. The van der Waals surface area contributed by atoms with Gasteiger partial charge >= 0.3 is 0 Å². The van der Waals surface area contributed by atoms with Gasteiger partial charge in [-0.3, -0.25) is 0 Å². The Hall–Kier alpha value is -2.88. The summed E-state index contributed by atoms with van der Waals surface area (Å²) in [5.74, 6) is -0.258. The maximum absolute atomic E-state index is 9.22.